The normalized spacial score (nSPS) is 18.7. The standard InChI is InChI=1S/C65H55F4N3O7/c1-65(2,3)43-26-24-38(25-27-43)32-71-62(73)55-53-44-28-46(66)48(68)30-50(44)70-57(53)58-54(56(55)63(71)74)45-29-47(67)49(69)31-51(45)72(58)64-61(78-36-42-22-14-7-15-23-42)60(77-35-41-20-12-6-13-21-41)59(76-34-40-18-10-5-11-19-40)52(79-64)37-75-33-39-16-8-4-9-17-39/h4-31,52,59-61,64,70H,32-37H2,1-3H3/t52-,59-,60+,61-,64?/m1/s1. The Morgan fingerprint density at radius 2 is 1.01 bits per heavy atom. The Kier molecular flexibility index (Phi) is 14.0. The van der Waals surface area contributed by atoms with Crippen LogP contribution in [0.5, 0.6) is 0 Å². The number of fused-ring (bicyclic) bond motifs is 10. The zero-order valence-corrected chi connectivity index (χ0v) is 43.6. The number of aromatic nitrogens is 2. The van der Waals surface area contributed by atoms with Crippen LogP contribution in [0.15, 0.2) is 170 Å². The van der Waals surface area contributed by atoms with Gasteiger partial charge in [0.1, 0.15) is 24.4 Å². The van der Waals surface area contributed by atoms with Gasteiger partial charge in [0.15, 0.2) is 29.5 Å². The number of nitrogens with zero attached hydrogens (tertiary/aromatic N) is 2. The number of halogens is 4. The number of nitrogens with one attached hydrogen (secondary N) is 1. The van der Waals surface area contributed by atoms with Gasteiger partial charge in [0.2, 0.25) is 0 Å². The van der Waals surface area contributed by atoms with Gasteiger partial charge in [0.05, 0.1) is 67.3 Å². The predicted octanol–water partition coefficient (Wildman–Crippen LogP) is 13.9. The molecule has 1 unspecified atom stereocenters. The van der Waals surface area contributed by atoms with E-state index in [1.54, 1.807) is 4.57 Å². The minimum absolute atomic E-state index is 0.0195. The first kappa shape index (κ1) is 51.8. The van der Waals surface area contributed by atoms with Gasteiger partial charge in [-0.25, -0.2) is 17.6 Å². The van der Waals surface area contributed by atoms with Crippen LogP contribution in [-0.2, 0) is 62.1 Å². The average Bonchev–Trinajstić information content (AvgIpc) is 3.03. The molecule has 0 aliphatic carbocycles. The zero-order valence-electron chi connectivity index (χ0n) is 43.6. The van der Waals surface area contributed by atoms with Crippen LogP contribution in [0.4, 0.5) is 17.6 Å². The van der Waals surface area contributed by atoms with E-state index in [4.69, 9.17) is 23.7 Å². The minimum Gasteiger partial charge on any atom is -0.374 e. The van der Waals surface area contributed by atoms with Gasteiger partial charge in [-0.15, -0.1) is 0 Å². The van der Waals surface area contributed by atoms with Gasteiger partial charge in [-0.1, -0.05) is 166 Å². The number of carbonyl (C=O) groups is 2. The van der Waals surface area contributed by atoms with Crippen molar-refractivity contribution in [3.05, 3.63) is 238 Å². The lowest BCUT2D eigenvalue weighted by atomic mass is 9.87. The molecule has 79 heavy (non-hydrogen) atoms. The first-order valence-corrected chi connectivity index (χ1v) is 26.3. The third-order valence-electron chi connectivity index (χ3n) is 15.1. The SMILES string of the molecule is CC(C)(C)c1ccc(CN2C(=O)c3c(c4c5cc(F)c(F)cc5n(C5O[C@H](COCc6ccccc6)[C@@H](OCc6ccccc6)[C@H](OCc6ccccc6)[C@H]5OCc5ccccc5)c4c4[nH]c5cc(F)c(F)cc5c34)C2=O)cc1. The molecule has 2 amide bonds. The van der Waals surface area contributed by atoms with Crippen molar-refractivity contribution < 1.29 is 50.8 Å². The fourth-order valence-corrected chi connectivity index (χ4v) is 11.1. The number of ether oxygens (including phenoxy) is 5. The van der Waals surface area contributed by atoms with E-state index in [2.05, 4.69) is 25.8 Å². The molecule has 1 N–H and O–H groups in total. The van der Waals surface area contributed by atoms with Crippen LogP contribution < -0.4 is 0 Å². The predicted molar refractivity (Wildman–Crippen MR) is 293 cm³/mol. The van der Waals surface area contributed by atoms with Gasteiger partial charge in [-0.3, -0.25) is 14.5 Å². The number of carbonyl (C=O) groups excluding carboxylic acids is 2. The first-order valence-electron chi connectivity index (χ1n) is 26.3. The average molecular weight is 1070 g/mol. The summed E-state index contributed by atoms with van der Waals surface area (Å²) in [7, 11) is 0. The molecule has 5 atom stereocenters. The van der Waals surface area contributed by atoms with E-state index in [9.17, 15) is 0 Å². The van der Waals surface area contributed by atoms with Crippen molar-refractivity contribution in [2.45, 2.75) is 89.8 Å². The zero-order chi connectivity index (χ0) is 54.5. The van der Waals surface area contributed by atoms with Gasteiger partial charge in [-0.05, 0) is 50.9 Å². The molecule has 14 heteroatoms. The molecule has 0 bridgehead atoms. The van der Waals surface area contributed by atoms with E-state index >= 15 is 27.2 Å². The third-order valence-corrected chi connectivity index (χ3v) is 15.1. The van der Waals surface area contributed by atoms with Crippen molar-refractivity contribution >= 4 is 55.4 Å². The van der Waals surface area contributed by atoms with Crippen LogP contribution >= 0.6 is 0 Å². The molecular formula is C65H55F4N3O7. The van der Waals surface area contributed by atoms with E-state index in [1.165, 1.54) is 0 Å². The van der Waals surface area contributed by atoms with E-state index in [0.717, 1.165) is 57.0 Å². The third kappa shape index (κ3) is 9.89. The summed E-state index contributed by atoms with van der Waals surface area (Å²) < 4.78 is 100. The Morgan fingerprint density at radius 1 is 0.532 bits per heavy atom. The smallest absolute Gasteiger partial charge is 0.262 e. The van der Waals surface area contributed by atoms with Crippen molar-refractivity contribution in [3.63, 3.8) is 0 Å². The molecule has 0 spiro atoms. The van der Waals surface area contributed by atoms with Crippen LogP contribution in [-0.4, -0.2) is 57.3 Å². The Morgan fingerprint density at radius 3 is 1.57 bits per heavy atom. The lowest BCUT2D eigenvalue weighted by molar-refractivity contribution is -0.288. The van der Waals surface area contributed by atoms with E-state index in [0.29, 0.717) is 5.56 Å². The second-order valence-corrected chi connectivity index (χ2v) is 21.3. The lowest BCUT2D eigenvalue weighted by Gasteiger charge is -2.47. The van der Waals surface area contributed by atoms with E-state index < -0.39 is 65.7 Å². The molecule has 2 aliphatic heterocycles. The van der Waals surface area contributed by atoms with Crippen molar-refractivity contribution in [1.29, 1.82) is 0 Å². The molecule has 1 fully saturated rings. The summed E-state index contributed by atoms with van der Waals surface area (Å²) in [5.74, 6) is -6.22. The van der Waals surface area contributed by atoms with Crippen molar-refractivity contribution in [1.82, 2.24) is 14.5 Å². The Balaban J connectivity index is 1.10. The second kappa shape index (κ2) is 21.3. The number of aromatic amines is 1. The van der Waals surface area contributed by atoms with Crippen molar-refractivity contribution in [2.24, 2.45) is 0 Å². The van der Waals surface area contributed by atoms with Gasteiger partial charge in [0.25, 0.3) is 11.8 Å². The fraction of sp³-hybridized carbons (Fsp3) is 0.231. The molecule has 4 heterocycles. The van der Waals surface area contributed by atoms with E-state index in [1.807, 2.05) is 146 Å². The Bertz CT molecular complexity index is 3890. The van der Waals surface area contributed by atoms with Crippen LogP contribution in [0.2, 0.25) is 0 Å². The highest BCUT2D eigenvalue weighted by atomic mass is 19.2. The quantitative estimate of drug-likeness (QED) is 0.0759. The molecule has 8 aromatic carbocycles. The van der Waals surface area contributed by atoms with Gasteiger partial charge in [0, 0.05) is 39.2 Å². The number of rotatable bonds is 16. The maximum Gasteiger partial charge on any atom is 0.262 e. The molecule has 2 aromatic heterocycles. The monoisotopic (exact) mass is 1070 g/mol. The second-order valence-electron chi connectivity index (χ2n) is 21.3. The molecule has 0 radical (unpaired) electrons. The van der Waals surface area contributed by atoms with Crippen molar-refractivity contribution in [3.8, 4) is 0 Å². The number of amides is 2. The maximum absolute atomic E-state index is 16.3. The van der Waals surface area contributed by atoms with Gasteiger partial charge >= 0.3 is 0 Å². The van der Waals surface area contributed by atoms with Crippen LogP contribution in [0.3, 0.4) is 0 Å². The number of benzene rings is 8. The van der Waals surface area contributed by atoms with E-state index in [-0.39, 0.29) is 99.7 Å². The largest absolute Gasteiger partial charge is 0.374 e. The molecule has 400 valence electrons. The molecule has 10 nitrogen and oxygen atoms in total. The summed E-state index contributed by atoms with van der Waals surface area (Å²) in [5, 5.41) is 0.351. The van der Waals surface area contributed by atoms with Crippen LogP contribution in [0.25, 0.3) is 43.6 Å². The highest BCUT2D eigenvalue weighted by Crippen LogP contribution is 2.49. The van der Waals surface area contributed by atoms with Crippen LogP contribution in [0.1, 0.15) is 81.1 Å². The first-order chi connectivity index (χ1) is 38.3. The summed E-state index contributed by atoms with van der Waals surface area (Å²) in [6.45, 7) is 6.46. The maximum atomic E-state index is 16.3. The summed E-state index contributed by atoms with van der Waals surface area (Å²) in [4.78, 5) is 35.0. The summed E-state index contributed by atoms with van der Waals surface area (Å²) >= 11 is 0. The minimum atomic E-state index is -1.35. The Labute approximate surface area is 453 Å². The molecule has 0 saturated carbocycles. The highest BCUT2D eigenvalue weighted by molar-refractivity contribution is 6.39. The highest BCUT2D eigenvalue weighted by Gasteiger charge is 2.51. The summed E-state index contributed by atoms with van der Waals surface area (Å²) in [5.41, 5.74) is 5.15. The molecule has 1 saturated heterocycles. The van der Waals surface area contributed by atoms with Crippen molar-refractivity contribution in [2.75, 3.05) is 6.61 Å². The molecule has 10 aromatic rings. The van der Waals surface area contributed by atoms with Gasteiger partial charge < -0.3 is 33.2 Å². The summed E-state index contributed by atoms with van der Waals surface area (Å²) in [6, 6.07) is 49.9. The number of imide groups is 1. The number of hydrogen-bond acceptors (Lipinski definition) is 7. The van der Waals surface area contributed by atoms with Gasteiger partial charge in [-0.2, -0.15) is 0 Å². The molecular weight excluding hydrogens is 1010 g/mol. The van der Waals surface area contributed by atoms with Crippen LogP contribution in [0, 0.1) is 23.3 Å². The number of hydrogen-bond donors (Lipinski definition) is 1. The fourth-order valence-electron chi connectivity index (χ4n) is 11.1. The Hall–Kier alpha value is -7.98. The summed E-state index contributed by atoms with van der Waals surface area (Å²) in [6.07, 6.45) is -5.38. The molecule has 12 rings (SSSR count). The number of H-pyrrole nitrogens is 1. The topological polar surface area (TPSA) is 104 Å². The lowest BCUT2D eigenvalue weighted by Crippen LogP contribution is -2.59. The molecule has 2 aliphatic rings.